The molecule has 0 atom stereocenters. The number of amides is 1. The molecule has 1 saturated heterocycles. The van der Waals surface area contributed by atoms with E-state index in [2.05, 4.69) is 11.8 Å². The Morgan fingerprint density at radius 2 is 2.44 bits per heavy atom. The Hall–Kier alpha value is -1.35. The SMILES string of the molecule is O=C1COCCN1Cc1sccc1C#CCCO. The quantitative estimate of drug-likeness (QED) is 0.824. The number of carbonyl (C=O) groups is 1. The highest BCUT2D eigenvalue weighted by Gasteiger charge is 2.19. The zero-order valence-electron chi connectivity index (χ0n) is 10.0. The number of aliphatic hydroxyl groups excluding tert-OH is 1. The van der Waals surface area contributed by atoms with Gasteiger partial charge in [0.15, 0.2) is 0 Å². The molecule has 1 fully saturated rings. The van der Waals surface area contributed by atoms with E-state index in [1.165, 1.54) is 0 Å². The highest BCUT2D eigenvalue weighted by Crippen LogP contribution is 2.19. The number of thiophene rings is 1. The number of aliphatic hydroxyl groups is 1. The second-order valence-corrected chi connectivity index (χ2v) is 4.90. The lowest BCUT2D eigenvalue weighted by Gasteiger charge is -2.26. The second-order valence-electron chi connectivity index (χ2n) is 3.90. The van der Waals surface area contributed by atoms with Gasteiger partial charge in [-0.05, 0) is 11.4 Å². The highest BCUT2D eigenvalue weighted by molar-refractivity contribution is 7.10. The molecule has 1 aliphatic heterocycles. The van der Waals surface area contributed by atoms with Crippen molar-refractivity contribution >= 4 is 17.2 Å². The van der Waals surface area contributed by atoms with Crippen molar-refractivity contribution in [3.05, 3.63) is 21.9 Å². The molecule has 0 radical (unpaired) electrons. The average Bonchev–Trinajstić information content (AvgIpc) is 2.80. The maximum atomic E-state index is 11.6. The van der Waals surface area contributed by atoms with Crippen LogP contribution in [0.3, 0.4) is 0 Å². The van der Waals surface area contributed by atoms with Crippen LogP contribution in [-0.2, 0) is 16.1 Å². The van der Waals surface area contributed by atoms with Crippen molar-refractivity contribution < 1.29 is 14.6 Å². The van der Waals surface area contributed by atoms with Crippen molar-refractivity contribution in [1.29, 1.82) is 0 Å². The van der Waals surface area contributed by atoms with Gasteiger partial charge in [0.1, 0.15) is 6.61 Å². The number of morpholine rings is 1. The summed E-state index contributed by atoms with van der Waals surface area (Å²) >= 11 is 1.60. The van der Waals surface area contributed by atoms with Crippen molar-refractivity contribution in [2.24, 2.45) is 0 Å². The van der Waals surface area contributed by atoms with Crippen LogP contribution in [0.15, 0.2) is 11.4 Å². The monoisotopic (exact) mass is 265 g/mol. The fraction of sp³-hybridized carbons (Fsp3) is 0.462. The molecule has 96 valence electrons. The van der Waals surface area contributed by atoms with Crippen LogP contribution in [0, 0.1) is 11.8 Å². The van der Waals surface area contributed by atoms with Gasteiger partial charge in [-0.15, -0.1) is 11.3 Å². The van der Waals surface area contributed by atoms with Crippen LogP contribution in [0.1, 0.15) is 16.9 Å². The number of nitrogens with zero attached hydrogens (tertiary/aromatic N) is 1. The van der Waals surface area contributed by atoms with Gasteiger partial charge in [-0.2, -0.15) is 0 Å². The molecule has 0 aromatic carbocycles. The van der Waals surface area contributed by atoms with E-state index < -0.39 is 0 Å². The maximum absolute atomic E-state index is 11.6. The third-order valence-corrected chi connectivity index (χ3v) is 3.53. The largest absolute Gasteiger partial charge is 0.395 e. The summed E-state index contributed by atoms with van der Waals surface area (Å²) in [5, 5.41) is 10.7. The van der Waals surface area contributed by atoms with E-state index in [1.54, 1.807) is 16.2 Å². The predicted octanol–water partition coefficient (Wildman–Crippen LogP) is 0.841. The molecule has 2 rings (SSSR count). The summed E-state index contributed by atoms with van der Waals surface area (Å²) in [7, 11) is 0. The summed E-state index contributed by atoms with van der Waals surface area (Å²) in [5.41, 5.74) is 0.952. The Morgan fingerprint density at radius 3 is 3.22 bits per heavy atom. The Kier molecular flexibility index (Phi) is 4.76. The molecule has 2 heterocycles. The lowest BCUT2D eigenvalue weighted by atomic mass is 10.2. The van der Waals surface area contributed by atoms with Crippen molar-refractivity contribution in [1.82, 2.24) is 4.90 Å². The first-order valence-electron chi connectivity index (χ1n) is 5.83. The van der Waals surface area contributed by atoms with Gasteiger partial charge in [-0.25, -0.2) is 0 Å². The lowest BCUT2D eigenvalue weighted by molar-refractivity contribution is -0.143. The molecular formula is C13H15NO3S. The van der Waals surface area contributed by atoms with Gasteiger partial charge in [0.05, 0.1) is 19.8 Å². The van der Waals surface area contributed by atoms with Crippen molar-refractivity contribution in [2.75, 3.05) is 26.4 Å². The summed E-state index contributed by atoms with van der Waals surface area (Å²) in [5.74, 6) is 5.97. The minimum atomic E-state index is 0.0314. The van der Waals surface area contributed by atoms with E-state index in [0.29, 0.717) is 26.1 Å². The normalized spacial score (nSPS) is 15.4. The Bertz CT molecular complexity index is 472. The van der Waals surface area contributed by atoms with Crippen molar-refractivity contribution in [3.8, 4) is 11.8 Å². The molecule has 5 heteroatoms. The highest BCUT2D eigenvalue weighted by atomic mass is 32.1. The van der Waals surface area contributed by atoms with Gasteiger partial charge in [0, 0.05) is 23.4 Å². The first kappa shape index (κ1) is 13.1. The lowest BCUT2D eigenvalue weighted by Crippen LogP contribution is -2.40. The molecule has 4 nitrogen and oxygen atoms in total. The van der Waals surface area contributed by atoms with E-state index in [4.69, 9.17) is 9.84 Å². The Morgan fingerprint density at radius 1 is 1.56 bits per heavy atom. The summed E-state index contributed by atoms with van der Waals surface area (Å²) in [4.78, 5) is 14.5. The van der Waals surface area contributed by atoms with Crippen LogP contribution in [0.4, 0.5) is 0 Å². The van der Waals surface area contributed by atoms with E-state index in [1.807, 2.05) is 11.4 Å². The number of hydrogen-bond acceptors (Lipinski definition) is 4. The Balaban J connectivity index is 2.03. The molecule has 18 heavy (non-hydrogen) atoms. The van der Waals surface area contributed by atoms with Crippen LogP contribution in [0.25, 0.3) is 0 Å². The Labute approximate surface area is 110 Å². The van der Waals surface area contributed by atoms with Gasteiger partial charge in [-0.3, -0.25) is 4.79 Å². The maximum Gasteiger partial charge on any atom is 0.248 e. The number of ether oxygens (including phenoxy) is 1. The first-order chi connectivity index (χ1) is 8.81. The summed E-state index contributed by atoms with van der Waals surface area (Å²) < 4.78 is 5.10. The van der Waals surface area contributed by atoms with Crippen LogP contribution in [-0.4, -0.2) is 42.3 Å². The van der Waals surface area contributed by atoms with Crippen LogP contribution in [0.2, 0.25) is 0 Å². The smallest absolute Gasteiger partial charge is 0.248 e. The molecular weight excluding hydrogens is 250 g/mol. The zero-order chi connectivity index (χ0) is 12.8. The fourth-order valence-corrected chi connectivity index (χ4v) is 2.52. The third-order valence-electron chi connectivity index (χ3n) is 2.62. The van der Waals surface area contributed by atoms with E-state index in [-0.39, 0.29) is 19.1 Å². The van der Waals surface area contributed by atoms with Gasteiger partial charge in [0.2, 0.25) is 5.91 Å². The second kappa shape index (κ2) is 6.55. The molecule has 0 unspecified atom stereocenters. The molecule has 1 aromatic rings. The van der Waals surface area contributed by atoms with Crippen LogP contribution >= 0.6 is 11.3 Å². The number of hydrogen-bond donors (Lipinski definition) is 1. The van der Waals surface area contributed by atoms with Crippen molar-refractivity contribution in [2.45, 2.75) is 13.0 Å². The van der Waals surface area contributed by atoms with Gasteiger partial charge < -0.3 is 14.7 Å². The molecule has 0 bridgehead atoms. The van der Waals surface area contributed by atoms with Crippen molar-refractivity contribution in [3.63, 3.8) is 0 Å². The van der Waals surface area contributed by atoms with E-state index in [0.717, 1.165) is 10.4 Å². The topological polar surface area (TPSA) is 49.8 Å². The summed E-state index contributed by atoms with van der Waals surface area (Å²) in [6.07, 6.45) is 0.478. The molecule has 1 amide bonds. The first-order valence-corrected chi connectivity index (χ1v) is 6.71. The molecule has 0 aliphatic carbocycles. The fourth-order valence-electron chi connectivity index (χ4n) is 1.68. The number of carbonyl (C=O) groups excluding carboxylic acids is 1. The van der Waals surface area contributed by atoms with E-state index in [9.17, 15) is 4.79 Å². The van der Waals surface area contributed by atoms with Crippen LogP contribution < -0.4 is 0 Å². The van der Waals surface area contributed by atoms with E-state index >= 15 is 0 Å². The molecule has 1 aromatic heterocycles. The average molecular weight is 265 g/mol. The molecule has 0 saturated carbocycles. The number of rotatable bonds is 3. The predicted molar refractivity (Wildman–Crippen MR) is 69.1 cm³/mol. The molecule has 1 N–H and O–H groups in total. The third kappa shape index (κ3) is 3.33. The zero-order valence-corrected chi connectivity index (χ0v) is 10.8. The van der Waals surface area contributed by atoms with Gasteiger partial charge >= 0.3 is 0 Å². The minimum Gasteiger partial charge on any atom is -0.395 e. The summed E-state index contributed by atoms with van der Waals surface area (Å²) in [6, 6.07) is 1.95. The standard InChI is InChI=1S/C13H15NO3S/c15-6-2-1-3-11-4-8-18-12(11)9-14-5-7-17-10-13(14)16/h4,8,15H,2,5-7,9-10H2. The minimum absolute atomic E-state index is 0.0314. The molecule has 1 aliphatic rings. The van der Waals surface area contributed by atoms with Gasteiger partial charge in [-0.1, -0.05) is 11.8 Å². The van der Waals surface area contributed by atoms with Gasteiger partial charge in [0.25, 0.3) is 0 Å². The van der Waals surface area contributed by atoms with Crippen LogP contribution in [0.5, 0.6) is 0 Å². The molecule has 0 spiro atoms. The summed E-state index contributed by atoms with van der Waals surface area (Å²) in [6.45, 7) is 2.09.